The van der Waals surface area contributed by atoms with Crippen LogP contribution in [-0.2, 0) is 0 Å². The van der Waals surface area contributed by atoms with Gasteiger partial charge in [0, 0.05) is 47.4 Å². The van der Waals surface area contributed by atoms with Crippen LogP contribution < -0.4 is 4.90 Å². The summed E-state index contributed by atoms with van der Waals surface area (Å²) in [5.74, 6) is -0.881. The van der Waals surface area contributed by atoms with E-state index in [0.29, 0.717) is 16.8 Å². The van der Waals surface area contributed by atoms with E-state index in [0.717, 1.165) is 49.3 Å². The Morgan fingerprint density at radius 3 is 1.94 bits per heavy atom. The van der Waals surface area contributed by atoms with Crippen LogP contribution in [0, 0.1) is 11.3 Å². The zero-order valence-electron chi connectivity index (χ0n) is 27.4. The number of anilines is 1. The van der Waals surface area contributed by atoms with Gasteiger partial charge in [0.25, 0.3) is 11.8 Å². The van der Waals surface area contributed by atoms with Crippen molar-refractivity contribution in [2.24, 2.45) is 0 Å². The van der Waals surface area contributed by atoms with Crippen molar-refractivity contribution in [3.8, 4) is 17.4 Å². The summed E-state index contributed by atoms with van der Waals surface area (Å²) in [6.07, 6.45) is 0. The average Bonchev–Trinajstić information content (AvgIpc) is 3.91. The first kappa shape index (κ1) is 28.8. The van der Waals surface area contributed by atoms with Crippen LogP contribution in [0.15, 0.2) is 146 Å². The van der Waals surface area contributed by atoms with Crippen LogP contribution in [0.3, 0.4) is 0 Å². The molecule has 0 saturated carbocycles. The van der Waals surface area contributed by atoms with Gasteiger partial charge in [-0.05, 0) is 66.7 Å². The van der Waals surface area contributed by atoms with Crippen molar-refractivity contribution < 1.29 is 9.59 Å². The van der Waals surface area contributed by atoms with Crippen molar-refractivity contribution in [3.05, 3.63) is 162 Å². The lowest BCUT2D eigenvalue weighted by molar-refractivity contribution is 0.0926. The molecule has 0 spiro atoms. The summed E-state index contributed by atoms with van der Waals surface area (Å²) in [6.45, 7) is 0. The third kappa shape index (κ3) is 3.71. The Kier molecular flexibility index (Phi) is 5.81. The molecule has 0 bridgehead atoms. The predicted octanol–water partition coefficient (Wildman–Crippen LogP) is 10.9. The molecule has 0 unspecified atom stereocenters. The molecule has 11 rings (SSSR count). The van der Waals surface area contributed by atoms with Crippen molar-refractivity contribution in [1.29, 1.82) is 5.26 Å². The monoisotopic (exact) mass is 684 g/mol. The minimum atomic E-state index is -0.441. The molecule has 6 nitrogen and oxygen atoms in total. The van der Waals surface area contributed by atoms with Crippen LogP contribution in [0.4, 0.5) is 5.69 Å². The second kappa shape index (κ2) is 10.5. The molecule has 3 aromatic heterocycles. The number of hydrogen-bond acceptors (Lipinski definition) is 4. The van der Waals surface area contributed by atoms with Gasteiger partial charge in [0.1, 0.15) is 6.07 Å². The van der Waals surface area contributed by atoms with E-state index in [1.54, 1.807) is 41.7 Å². The molecular weight excluding hydrogens is 661 g/mol. The van der Waals surface area contributed by atoms with Gasteiger partial charge in [-0.15, -0.1) is 11.3 Å². The Balaban J connectivity index is 1.26. The standard InChI is InChI=1S/C45H24N4O2S/c46-25-26-10-9-18-38(42(26)49-44(50)31-13-1-2-14-32(31)45(49)51)48-36-17-7-4-15-33(36)41-37(48)22-21-30-28-11-3-6-16-35(28)47(43(30)41)27-20-23-40-34(24-27)29-12-5-8-19-39(29)52-40/h1-24H. The highest BCUT2D eigenvalue weighted by atomic mass is 32.1. The van der Waals surface area contributed by atoms with Crippen LogP contribution in [0.5, 0.6) is 0 Å². The van der Waals surface area contributed by atoms with E-state index in [1.807, 2.05) is 24.3 Å². The zero-order chi connectivity index (χ0) is 34.7. The number of aromatic nitrogens is 2. The largest absolute Gasteiger partial charge is 0.309 e. The highest BCUT2D eigenvalue weighted by molar-refractivity contribution is 7.25. The maximum Gasteiger partial charge on any atom is 0.266 e. The van der Waals surface area contributed by atoms with E-state index in [-0.39, 0.29) is 11.3 Å². The molecule has 1 aliphatic rings. The van der Waals surface area contributed by atoms with Crippen LogP contribution >= 0.6 is 11.3 Å². The minimum absolute atomic E-state index is 0.240. The molecule has 10 aromatic rings. The van der Waals surface area contributed by atoms with Crippen LogP contribution in [0.1, 0.15) is 26.3 Å². The molecule has 0 saturated heterocycles. The lowest BCUT2D eigenvalue weighted by Crippen LogP contribution is -2.31. The fourth-order valence-corrected chi connectivity index (χ4v) is 9.41. The molecule has 0 N–H and O–H groups in total. The number of amides is 2. The van der Waals surface area contributed by atoms with E-state index < -0.39 is 11.8 Å². The number of carbonyl (C=O) groups excluding carboxylic acids is 2. The first-order chi connectivity index (χ1) is 25.6. The number of hydrogen-bond donors (Lipinski definition) is 0. The summed E-state index contributed by atoms with van der Waals surface area (Å²) < 4.78 is 6.97. The summed E-state index contributed by atoms with van der Waals surface area (Å²) >= 11 is 1.80. The van der Waals surface area contributed by atoms with Crippen molar-refractivity contribution in [2.45, 2.75) is 0 Å². The second-order valence-electron chi connectivity index (χ2n) is 13.1. The molecule has 7 heteroatoms. The van der Waals surface area contributed by atoms with Gasteiger partial charge in [-0.2, -0.15) is 5.26 Å². The third-order valence-electron chi connectivity index (χ3n) is 10.5. The second-order valence-corrected chi connectivity index (χ2v) is 14.2. The van der Waals surface area contributed by atoms with Gasteiger partial charge < -0.3 is 9.13 Å². The van der Waals surface area contributed by atoms with Crippen molar-refractivity contribution in [3.63, 3.8) is 0 Å². The Morgan fingerprint density at radius 1 is 0.519 bits per heavy atom. The Hall–Kier alpha value is -7.01. The minimum Gasteiger partial charge on any atom is -0.309 e. The summed E-state index contributed by atoms with van der Waals surface area (Å²) in [6, 6.07) is 50.8. The van der Waals surface area contributed by atoms with Crippen molar-refractivity contribution in [1.82, 2.24) is 9.13 Å². The highest BCUT2D eigenvalue weighted by Gasteiger charge is 2.39. The first-order valence-corrected chi connectivity index (χ1v) is 17.8. The highest BCUT2D eigenvalue weighted by Crippen LogP contribution is 2.45. The molecule has 0 fully saturated rings. The maximum atomic E-state index is 13.9. The van der Waals surface area contributed by atoms with E-state index in [4.69, 9.17) is 0 Å². The number of rotatable bonds is 3. The van der Waals surface area contributed by atoms with E-state index in [1.165, 1.54) is 25.1 Å². The van der Waals surface area contributed by atoms with Crippen molar-refractivity contribution in [2.75, 3.05) is 4.90 Å². The number of fused-ring (bicyclic) bond motifs is 11. The number of benzene rings is 7. The van der Waals surface area contributed by atoms with E-state index in [9.17, 15) is 14.9 Å². The fourth-order valence-electron chi connectivity index (χ4n) is 8.32. The average molecular weight is 685 g/mol. The van der Waals surface area contributed by atoms with Gasteiger partial charge in [0.15, 0.2) is 0 Å². The molecule has 0 atom stereocenters. The molecule has 242 valence electrons. The topological polar surface area (TPSA) is 71.0 Å². The number of nitrogens with zero attached hydrogens (tertiary/aromatic N) is 4. The first-order valence-electron chi connectivity index (χ1n) is 17.0. The van der Waals surface area contributed by atoms with Gasteiger partial charge in [0.2, 0.25) is 0 Å². The van der Waals surface area contributed by atoms with Gasteiger partial charge in [-0.1, -0.05) is 78.9 Å². The lowest BCUT2D eigenvalue weighted by atomic mass is 10.1. The molecule has 7 aromatic carbocycles. The maximum absolute atomic E-state index is 13.9. The number of carbonyl (C=O) groups is 2. The number of nitriles is 1. The molecular formula is C45H24N4O2S. The lowest BCUT2D eigenvalue weighted by Gasteiger charge is -2.21. The quantitative estimate of drug-likeness (QED) is 0.174. The van der Waals surface area contributed by atoms with Gasteiger partial charge in [0.05, 0.1) is 50.1 Å². The third-order valence-corrected chi connectivity index (χ3v) is 11.6. The number of imide groups is 1. The predicted molar refractivity (Wildman–Crippen MR) is 210 cm³/mol. The van der Waals surface area contributed by atoms with E-state index in [2.05, 4.69) is 106 Å². The molecule has 0 radical (unpaired) electrons. The fraction of sp³-hybridized carbons (Fsp3) is 0. The van der Waals surface area contributed by atoms with Crippen molar-refractivity contribution >= 4 is 92.6 Å². The Labute approximate surface area is 300 Å². The van der Waals surface area contributed by atoms with E-state index >= 15 is 0 Å². The summed E-state index contributed by atoms with van der Waals surface area (Å²) in [4.78, 5) is 29.1. The van der Waals surface area contributed by atoms with Crippen LogP contribution in [-0.4, -0.2) is 20.9 Å². The van der Waals surface area contributed by atoms with Crippen LogP contribution in [0.2, 0.25) is 0 Å². The van der Waals surface area contributed by atoms with Gasteiger partial charge in [-0.25, -0.2) is 4.90 Å². The number of thiophene rings is 1. The molecule has 4 heterocycles. The van der Waals surface area contributed by atoms with Crippen LogP contribution in [0.25, 0.3) is 75.2 Å². The zero-order valence-corrected chi connectivity index (χ0v) is 28.2. The summed E-state index contributed by atoms with van der Waals surface area (Å²) in [5.41, 5.74) is 6.76. The normalized spacial score (nSPS) is 13.0. The molecule has 1 aliphatic heterocycles. The molecule has 2 amide bonds. The number of para-hydroxylation sites is 3. The molecule has 52 heavy (non-hydrogen) atoms. The SMILES string of the molecule is N#Cc1cccc(-n2c3ccccc3c3c2ccc2c4ccccc4n(-c4ccc5sc6ccccc6c5c4)c23)c1N1C(=O)c2ccccc2C1=O. The summed E-state index contributed by atoms with van der Waals surface area (Å²) in [7, 11) is 0. The smallest absolute Gasteiger partial charge is 0.266 e. The van der Waals surface area contributed by atoms with Gasteiger partial charge >= 0.3 is 0 Å². The molecule has 0 aliphatic carbocycles. The Morgan fingerprint density at radius 2 is 1.17 bits per heavy atom. The summed E-state index contributed by atoms with van der Waals surface area (Å²) in [5, 5.41) is 17.2. The van der Waals surface area contributed by atoms with Gasteiger partial charge in [-0.3, -0.25) is 9.59 Å². The Bertz CT molecular complexity index is 3230.